The molecular weight excluding hydrogens is 630 g/mol. The second-order valence-corrected chi connectivity index (χ2v) is 13.2. The van der Waals surface area contributed by atoms with Gasteiger partial charge < -0.3 is 5.32 Å². The second kappa shape index (κ2) is 10.1. The van der Waals surface area contributed by atoms with Gasteiger partial charge in [-0.05, 0) is 60.0 Å². The molecule has 2 aliphatic rings. The summed E-state index contributed by atoms with van der Waals surface area (Å²) in [7, 11) is 0. The molecule has 2 aromatic heterocycles. The van der Waals surface area contributed by atoms with Crippen molar-refractivity contribution in [3.63, 3.8) is 0 Å². The van der Waals surface area contributed by atoms with Gasteiger partial charge in [0.25, 0.3) is 0 Å². The van der Waals surface area contributed by atoms with Crippen molar-refractivity contribution in [2.75, 3.05) is 10.2 Å². The smallest absolute Gasteiger partial charge is 0.308 e. The van der Waals surface area contributed by atoms with Gasteiger partial charge in [-0.3, -0.25) is 23.7 Å². The van der Waals surface area contributed by atoms with E-state index in [4.69, 9.17) is 11.6 Å². The number of imide groups is 1. The van der Waals surface area contributed by atoms with Crippen LogP contribution in [0.2, 0.25) is 5.02 Å². The summed E-state index contributed by atoms with van der Waals surface area (Å²) in [5, 5.41) is 5.09. The van der Waals surface area contributed by atoms with Crippen molar-refractivity contribution in [1.29, 1.82) is 0 Å². The number of hydrogen-bond acceptors (Lipinski definition) is 7. The number of amides is 3. The van der Waals surface area contributed by atoms with E-state index in [2.05, 4.69) is 21.2 Å². The highest BCUT2D eigenvalue weighted by molar-refractivity contribution is 9.10. The van der Waals surface area contributed by atoms with E-state index < -0.39 is 17.1 Å². The summed E-state index contributed by atoms with van der Waals surface area (Å²) in [6.45, 7) is -0.215. The number of carbonyl (C=O) groups is 3. The number of fused-ring (bicyclic) bond motifs is 2. The van der Waals surface area contributed by atoms with Crippen LogP contribution in [0.1, 0.15) is 15.7 Å². The molecule has 2 aliphatic heterocycles. The molecule has 7 nitrogen and oxygen atoms in total. The third-order valence-corrected chi connectivity index (χ3v) is 10.8. The molecule has 38 heavy (non-hydrogen) atoms. The Labute approximate surface area is 242 Å². The number of thiophene rings is 1. The molecule has 0 spiro atoms. The summed E-state index contributed by atoms with van der Waals surface area (Å²) in [6.07, 6.45) is 0. The fraction of sp³-hybridized carbons (Fsp3) is 0.154. The van der Waals surface area contributed by atoms with Gasteiger partial charge in [0.2, 0.25) is 17.7 Å². The van der Waals surface area contributed by atoms with Crippen LogP contribution in [-0.2, 0) is 20.9 Å². The van der Waals surface area contributed by atoms with E-state index in [0.29, 0.717) is 26.3 Å². The Morgan fingerprint density at radius 2 is 1.74 bits per heavy atom. The fourth-order valence-electron chi connectivity index (χ4n) is 4.75. The summed E-state index contributed by atoms with van der Waals surface area (Å²) in [6, 6.07) is 17.5. The molecule has 2 aromatic carbocycles. The molecule has 192 valence electrons. The van der Waals surface area contributed by atoms with Crippen molar-refractivity contribution in [2.24, 2.45) is 5.92 Å². The Bertz CT molecular complexity index is 1620. The van der Waals surface area contributed by atoms with Crippen molar-refractivity contribution in [3.8, 4) is 0 Å². The quantitative estimate of drug-likeness (QED) is 0.276. The first-order valence-electron chi connectivity index (χ1n) is 11.4. The monoisotopic (exact) mass is 645 g/mol. The molecule has 3 amide bonds. The Balaban J connectivity index is 1.38. The van der Waals surface area contributed by atoms with Gasteiger partial charge in [-0.25, -0.2) is 4.90 Å². The number of aromatic nitrogens is 1. The lowest BCUT2D eigenvalue weighted by Crippen LogP contribution is -2.32. The van der Waals surface area contributed by atoms with Crippen molar-refractivity contribution >= 4 is 91.1 Å². The maximum absolute atomic E-state index is 13.8. The molecule has 1 N–H and O–H groups in total. The normalized spacial score (nSPS) is 20.4. The molecule has 0 bridgehead atoms. The summed E-state index contributed by atoms with van der Waals surface area (Å²) in [5.74, 6) is -2.10. The van der Waals surface area contributed by atoms with Crippen LogP contribution in [0.4, 0.5) is 11.4 Å². The summed E-state index contributed by atoms with van der Waals surface area (Å²) in [5.41, 5.74) is 1.06. The minimum Gasteiger partial charge on any atom is -0.325 e. The summed E-state index contributed by atoms with van der Waals surface area (Å²) in [4.78, 5) is 56.0. The zero-order chi connectivity index (χ0) is 26.6. The van der Waals surface area contributed by atoms with Gasteiger partial charge in [0.1, 0.15) is 11.8 Å². The Kier molecular flexibility index (Phi) is 6.81. The van der Waals surface area contributed by atoms with E-state index in [-0.39, 0.29) is 29.1 Å². The third kappa shape index (κ3) is 4.46. The average Bonchev–Trinajstić information content (AvgIpc) is 3.59. The van der Waals surface area contributed by atoms with Crippen LogP contribution < -0.4 is 15.1 Å². The molecule has 1 saturated heterocycles. The predicted octanol–water partition coefficient (Wildman–Crippen LogP) is 5.82. The lowest BCUT2D eigenvalue weighted by atomic mass is 9.87. The fourth-order valence-corrected chi connectivity index (χ4v) is 8.86. The standard InChI is InChI=1S/C26H17BrClN3O4S3/c27-13-3-9-16(10-4-13)31-23(33)20-19(17-2-1-11-36-17)22-25(37-21(20)24(31)34)30(26(35)38-22)12-18(32)29-15-7-5-14(28)6-8-15/h1-11,19-21H,12H2,(H,29,32)/t19-,20?,21?/m1/s1. The first-order chi connectivity index (χ1) is 18.3. The number of anilines is 2. The van der Waals surface area contributed by atoms with Crippen molar-refractivity contribution in [2.45, 2.75) is 22.7 Å². The van der Waals surface area contributed by atoms with Crippen LogP contribution in [0.15, 0.2) is 80.3 Å². The van der Waals surface area contributed by atoms with Gasteiger partial charge in [0.05, 0.1) is 16.6 Å². The van der Waals surface area contributed by atoms with Crippen molar-refractivity contribution < 1.29 is 14.4 Å². The Morgan fingerprint density at radius 1 is 1.00 bits per heavy atom. The number of benzene rings is 2. The van der Waals surface area contributed by atoms with Crippen molar-refractivity contribution in [3.05, 3.63) is 95.0 Å². The number of nitrogens with zero attached hydrogens (tertiary/aromatic N) is 2. The molecule has 0 aliphatic carbocycles. The first-order valence-corrected chi connectivity index (χ1v) is 15.2. The van der Waals surface area contributed by atoms with Crippen LogP contribution in [0.3, 0.4) is 0 Å². The molecule has 6 rings (SSSR count). The summed E-state index contributed by atoms with van der Waals surface area (Å²) < 4.78 is 2.25. The van der Waals surface area contributed by atoms with Gasteiger partial charge in [-0.15, -0.1) is 11.3 Å². The van der Waals surface area contributed by atoms with E-state index in [1.54, 1.807) is 48.5 Å². The largest absolute Gasteiger partial charge is 0.325 e. The lowest BCUT2D eigenvalue weighted by molar-refractivity contribution is -0.122. The van der Waals surface area contributed by atoms with Gasteiger partial charge in [0.15, 0.2) is 0 Å². The van der Waals surface area contributed by atoms with Crippen molar-refractivity contribution in [1.82, 2.24) is 4.57 Å². The number of halogens is 2. The summed E-state index contributed by atoms with van der Waals surface area (Å²) >= 11 is 13.0. The molecule has 1 fully saturated rings. The maximum atomic E-state index is 13.8. The highest BCUT2D eigenvalue weighted by Gasteiger charge is 2.57. The number of carbonyl (C=O) groups excluding carboxylic acids is 3. The molecule has 0 saturated carbocycles. The van der Waals surface area contributed by atoms with Crippen LogP contribution >= 0.6 is 62.0 Å². The first kappa shape index (κ1) is 25.6. The zero-order valence-electron chi connectivity index (χ0n) is 19.3. The zero-order valence-corrected chi connectivity index (χ0v) is 24.1. The molecule has 2 unspecified atom stereocenters. The lowest BCUT2D eigenvalue weighted by Gasteiger charge is -2.29. The maximum Gasteiger partial charge on any atom is 0.308 e. The Morgan fingerprint density at radius 3 is 2.42 bits per heavy atom. The number of hydrogen-bond donors (Lipinski definition) is 1. The highest BCUT2D eigenvalue weighted by Crippen LogP contribution is 2.54. The minimum atomic E-state index is -0.717. The predicted molar refractivity (Wildman–Crippen MR) is 155 cm³/mol. The van der Waals surface area contributed by atoms with Crippen LogP contribution in [0.25, 0.3) is 0 Å². The molecule has 4 aromatic rings. The number of thioether (sulfide) groups is 1. The van der Waals surface area contributed by atoms with Crippen LogP contribution in [0, 0.1) is 5.92 Å². The number of rotatable bonds is 5. The highest BCUT2D eigenvalue weighted by atomic mass is 79.9. The van der Waals surface area contributed by atoms with Gasteiger partial charge in [-0.1, -0.05) is 56.7 Å². The van der Waals surface area contributed by atoms with Gasteiger partial charge in [0, 0.05) is 30.9 Å². The third-order valence-electron chi connectivity index (χ3n) is 6.41. The van der Waals surface area contributed by atoms with E-state index >= 15 is 0 Å². The van der Waals surface area contributed by atoms with E-state index in [0.717, 1.165) is 20.7 Å². The molecular formula is C26H17BrClN3O4S3. The van der Waals surface area contributed by atoms with Crippen LogP contribution in [0.5, 0.6) is 0 Å². The van der Waals surface area contributed by atoms with E-state index in [1.807, 2.05) is 17.5 Å². The molecule has 0 radical (unpaired) electrons. The van der Waals surface area contributed by atoms with Gasteiger partial charge in [-0.2, -0.15) is 0 Å². The second-order valence-electron chi connectivity index (χ2n) is 8.72. The van der Waals surface area contributed by atoms with Crippen LogP contribution in [-0.4, -0.2) is 27.5 Å². The van der Waals surface area contributed by atoms with E-state index in [9.17, 15) is 19.2 Å². The molecule has 12 heteroatoms. The topological polar surface area (TPSA) is 88.5 Å². The number of thiazole rings is 1. The molecule has 3 atom stereocenters. The van der Waals surface area contributed by atoms with E-state index in [1.165, 1.54) is 32.6 Å². The Hall–Kier alpha value is -2.70. The number of nitrogens with one attached hydrogen (secondary N) is 1. The van der Waals surface area contributed by atoms with Gasteiger partial charge >= 0.3 is 4.87 Å². The average molecular weight is 647 g/mol. The minimum absolute atomic E-state index is 0.215. The molecule has 4 heterocycles. The SMILES string of the molecule is O=C(Cn1c2c(sc1=O)[C@H](c1cccs1)C1C(=O)N(c3ccc(Br)cc3)C(=O)C1S2)Nc1ccc(Cl)cc1.